The van der Waals surface area contributed by atoms with E-state index < -0.39 is 5.97 Å². The first-order valence-corrected chi connectivity index (χ1v) is 7.14. The quantitative estimate of drug-likeness (QED) is 0.596. The molecule has 0 heterocycles. The Morgan fingerprint density at radius 2 is 2.10 bits per heavy atom. The molecule has 0 radical (unpaired) electrons. The summed E-state index contributed by atoms with van der Waals surface area (Å²) in [5.41, 5.74) is 2.35. The molecular formula is C17H24O3. The zero-order valence-electron chi connectivity index (χ0n) is 12.8. The summed E-state index contributed by atoms with van der Waals surface area (Å²) in [6.07, 6.45) is 3.83. The van der Waals surface area contributed by atoms with Crippen LogP contribution in [-0.4, -0.2) is 17.7 Å². The second-order valence-electron chi connectivity index (χ2n) is 5.29. The molecule has 110 valence electrons. The molecule has 0 saturated heterocycles. The largest absolute Gasteiger partial charge is 0.493 e. The number of unbranched alkanes of at least 4 members (excludes halogenated alkanes) is 1. The summed E-state index contributed by atoms with van der Waals surface area (Å²) >= 11 is 0. The molecule has 0 aliphatic carbocycles. The van der Waals surface area contributed by atoms with Gasteiger partial charge in [0.05, 0.1) is 6.61 Å². The highest BCUT2D eigenvalue weighted by Gasteiger charge is 2.12. The van der Waals surface area contributed by atoms with E-state index in [0.29, 0.717) is 12.2 Å². The Kier molecular flexibility index (Phi) is 6.29. The second kappa shape index (κ2) is 7.73. The fourth-order valence-corrected chi connectivity index (χ4v) is 1.84. The van der Waals surface area contributed by atoms with Crippen LogP contribution in [0.2, 0.25) is 0 Å². The predicted octanol–water partition coefficient (Wildman–Crippen LogP) is 4.30. The third kappa shape index (κ3) is 4.72. The van der Waals surface area contributed by atoms with Crippen LogP contribution in [0, 0.1) is 12.8 Å². The van der Waals surface area contributed by atoms with Crippen molar-refractivity contribution in [1.82, 2.24) is 0 Å². The van der Waals surface area contributed by atoms with Gasteiger partial charge in [0.2, 0.25) is 0 Å². The molecule has 3 heteroatoms. The van der Waals surface area contributed by atoms with E-state index in [9.17, 15) is 9.90 Å². The van der Waals surface area contributed by atoms with Crippen LogP contribution in [0.5, 0.6) is 5.75 Å². The number of benzene rings is 1. The zero-order chi connectivity index (χ0) is 15.1. The van der Waals surface area contributed by atoms with Crippen molar-refractivity contribution in [3.63, 3.8) is 0 Å². The van der Waals surface area contributed by atoms with Gasteiger partial charge in [0.1, 0.15) is 5.75 Å². The van der Waals surface area contributed by atoms with Crippen LogP contribution >= 0.6 is 0 Å². The summed E-state index contributed by atoms with van der Waals surface area (Å²) in [5, 5.41) is 9.20. The average molecular weight is 276 g/mol. The molecule has 0 unspecified atom stereocenters. The highest BCUT2D eigenvalue weighted by Crippen LogP contribution is 2.23. The van der Waals surface area contributed by atoms with Crippen molar-refractivity contribution in [2.75, 3.05) is 6.61 Å². The molecule has 0 aliphatic heterocycles. The third-order valence-electron chi connectivity index (χ3n) is 3.16. The van der Waals surface area contributed by atoms with Gasteiger partial charge in [-0.25, -0.2) is 4.79 Å². The van der Waals surface area contributed by atoms with Gasteiger partial charge in [-0.15, -0.1) is 0 Å². The number of rotatable bonds is 7. The van der Waals surface area contributed by atoms with Gasteiger partial charge in [0, 0.05) is 5.57 Å². The summed E-state index contributed by atoms with van der Waals surface area (Å²) in [7, 11) is 0. The maximum atomic E-state index is 11.2. The van der Waals surface area contributed by atoms with Gasteiger partial charge in [-0.1, -0.05) is 39.3 Å². The first-order valence-electron chi connectivity index (χ1n) is 7.14. The summed E-state index contributed by atoms with van der Waals surface area (Å²) in [6, 6.07) is 5.80. The Labute approximate surface area is 121 Å². The van der Waals surface area contributed by atoms with Crippen LogP contribution in [0.3, 0.4) is 0 Å². The average Bonchev–Trinajstić information content (AvgIpc) is 2.38. The van der Waals surface area contributed by atoms with Gasteiger partial charge in [0.25, 0.3) is 0 Å². The van der Waals surface area contributed by atoms with Crippen molar-refractivity contribution in [2.24, 2.45) is 5.92 Å². The van der Waals surface area contributed by atoms with Gasteiger partial charge < -0.3 is 9.84 Å². The van der Waals surface area contributed by atoms with Crippen molar-refractivity contribution in [3.8, 4) is 5.75 Å². The van der Waals surface area contributed by atoms with E-state index in [4.69, 9.17) is 4.74 Å². The SMILES string of the molecule is CCCCOc1cc(/C=C(/C(=O)O)C(C)C)ccc1C. The van der Waals surface area contributed by atoms with Crippen LogP contribution in [-0.2, 0) is 4.79 Å². The number of carboxylic acid groups (broad SMARTS) is 1. The number of carbonyl (C=O) groups is 1. The number of aliphatic carboxylic acids is 1. The normalized spacial score (nSPS) is 11.8. The van der Waals surface area contributed by atoms with E-state index >= 15 is 0 Å². The number of hydrogen-bond acceptors (Lipinski definition) is 2. The van der Waals surface area contributed by atoms with Crippen molar-refractivity contribution < 1.29 is 14.6 Å². The van der Waals surface area contributed by atoms with Crippen molar-refractivity contribution in [3.05, 3.63) is 34.9 Å². The molecule has 1 aromatic rings. The fraction of sp³-hybridized carbons (Fsp3) is 0.471. The van der Waals surface area contributed by atoms with Crippen LogP contribution in [0.1, 0.15) is 44.7 Å². The molecule has 1 rings (SSSR count). The molecule has 0 spiro atoms. The topological polar surface area (TPSA) is 46.5 Å². The zero-order valence-corrected chi connectivity index (χ0v) is 12.8. The van der Waals surface area contributed by atoms with E-state index in [1.165, 1.54) is 0 Å². The van der Waals surface area contributed by atoms with E-state index in [1.54, 1.807) is 6.08 Å². The van der Waals surface area contributed by atoms with Crippen molar-refractivity contribution in [1.29, 1.82) is 0 Å². The van der Waals surface area contributed by atoms with Gasteiger partial charge in [0.15, 0.2) is 0 Å². The molecule has 0 fully saturated rings. The molecule has 0 saturated carbocycles. The third-order valence-corrected chi connectivity index (χ3v) is 3.16. The Morgan fingerprint density at radius 3 is 2.65 bits per heavy atom. The summed E-state index contributed by atoms with van der Waals surface area (Å²) in [5.74, 6) is -0.0482. The number of aryl methyl sites for hydroxylation is 1. The predicted molar refractivity (Wildman–Crippen MR) is 82.0 cm³/mol. The molecular weight excluding hydrogens is 252 g/mol. The number of carboxylic acids is 1. The first kappa shape index (κ1) is 16.3. The minimum absolute atomic E-state index is 0.0155. The second-order valence-corrected chi connectivity index (χ2v) is 5.29. The summed E-state index contributed by atoms with van der Waals surface area (Å²) < 4.78 is 5.74. The number of hydrogen-bond donors (Lipinski definition) is 1. The van der Waals surface area contributed by atoms with Crippen LogP contribution in [0.15, 0.2) is 23.8 Å². The van der Waals surface area contributed by atoms with Crippen molar-refractivity contribution >= 4 is 12.0 Å². The molecule has 0 amide bonds. The van der Waals surface area contributed by atoms with Crippen LogP contribution in [0.25, 0.3) is 6.08 Å². The lowest BCUT2D eigenvalue weighted by Gasteiger charge is -2.11. The van der Waals surface area contributed by atoms with Crippen LogP contribution in [0.4, 0.5) is 0 Å². The van der Waals surface area contributed by atoms with Gasteiger partial charge in [-0.3, -0.25) is 0 Å². The highest BCUT2D eigenvalue weighted by atomic mass is 16.5. The molecule has 0 aromatic heterocycles. The monoisotopic (exact) mass is 276 g/mol. The number of ether oxygens (including phenoxy) is 1. The van der Waals surface area contributed by atoms with Crippen LogP contribution < -0.4 is 4.74 Å². The Morgan fingerprint density at radius 1 is 1.40 bits per heavy atom. The van der Waals surface area contributed by atoms with E-state index in [0.717, 1.165) is 29.7 Å². The van der Waals surface area contributed by atoms with Gasteiger partial charge >= 0.3 is 5.97 Å². The van der Waals surface area contributed by atoms with Crippen molar-refractivity contribution in [2.45, 2.75) is 40.5 Å². The summed E-state index contributed by atoms with van der Waals surface area (Å²) in [4.78, 5) is 11.2. The lowest BCUT2D eigenvalue weighted by Crippen LogP contribution is -2.06. The maximum absolute atomic E-state index is 11.2. The summed E-state index contributed by atoms with van der Waals surface area (Å²) in [6.45, 7) is 8.58. The fourth-order valence-electron chi connectivity index (χ4n) is 1.84. The minimum atomic E-state index is -0.867. The lowest BCUT2D eigenvalue weighted by atomic mass is 10.00. The minimum Gasteiger partial charge on any atom is -0.493 e. The Hall–Kier alpha value is -1.77. The van der Waals surface area contributed by atoms with Gasteiger partial charge in [-0.2, -0.15) is 0 Å². The molecule has 0 atom stereocenters. The highest BCUT2D eigenvalue weighted by molar-refractivity contribution is 5.92. The Bertz CT molecular complexity index is 487. The molecule has 0 aliphatic rings. The Balaban J connectivity index is 2.99. The van der Waals surface area contributed by atoms with Gasteiger partial charge in [-0.05, 0) is 42.5 Å². The molecule has 0 bridgehead atoms. The molecule has 3 nitrogen and oxygen atoms in total. The molecule has 1 N–H and O–H groups in total. The van der Waals surface area contributed by atoms with E-state index in [1.807, 2.05) is 39.0 Å². The van der Waals surface area contributed by atoms with E-state index in [2.05, 4.69) is 6.92 Å². The maximum Gasteiger partial charge on any atom is 0.331 e. The molecule has 1 aromatic carbocycles. The smallest absolute Gasteiger partial charge is 0.331 e. The van der Waals surface area contributed by atoms with E-state index in [-0.39, 0.29) is 5.92 Å². The first-order chi connectivity index (χ1) is 9.45. The standard InChI is InChI=1S/C17H24O3/c1-5-6-9-20-16-11-14(8-7-13(16)4)10-15(12(2)3)17(18)19/h7-8,10-12H,5-6,9H2,1-4H3,(H,18,19)/b15-10+. The lowest BCUT2D eigenvalue weighted by molar-refractivity contribution is -0.133. The molecule has 20 heavy (non-hydrogen) atoms.